The molecular weight excluding hydrogens is 302 g/mol. The number of halogens is 1. The number of hydrogen-bond acceptors (Lipinski definition) is 1. The zero-order valence-corrected chi connectivity index (χ0v) is 13.2. The molecular formula is C16H22BrNO. The molecule has 1 fully saturated rings. The molecule has 3 unspecified atom stereocenters. The van der Waals surface area contributed by atoms with Crippen molar-refractivity contribution in [2.24, 2.45) is 11.8 Å². The van der Waals surface area contributed by atoms with E-state index >= 15 is 0 Å². The Balaban J connectivity index is 1.74. The number of nitrogens with one attached hydrogen (secondary N) is 1. The van der Waals surface area contributed by atoms with Crippen LogP contribution in [0.25, 0.3) is 0 Å². The summed E-state index contributed by atoms with van der Waals surface area (Å²) in [6.45, 7) is 5.12. The summed E-state index contributed by atoms with van der Waals surface area (Å²) < 4.78 is 0. The van der Waals surface area contributed by atoms with Crippen LogP contribution < -0.4 is 5.32 Å². The lowest BCUT2D eigenvalue weighted by Crippen LogP contribution is -2.31. The Kier molecular flexibility index (Phi) is 5.03. The number of carbonyl (C=O) groups excluding carboxylic acids is 1. The Bertz CT molecular complexity index is 418. The number of hydrogen-bond donors (Lipinski definition) is 1. The Morgan fingerprint density at radius 1 is 1.37 bits per heavy atom. The lowest BCUT2D eigenvalue weighted by atomic mass is 10.1. The van der Waals surface area contributed by atoms with Crippen molar-refractivity contribution >= 4 is 21.8 Å². The van der Waals surface area contributed by atoms with Crippen LogP contribution in [0.1, 0.15) is 38.2 Å². The van der Waals surface area contributed by atoms with Crippen molar-refractivity contribution in [3.63, 3.8) is 0 Å². The van der Waals surface area contributed by atoms with Gasteiger partial charge in [-0.15, -0.1) is 0 Å². The van der Waals surface area contributed by atoms with Crippen LogP contribution in [0.2, 0.25) is 0 Å². The minimum atomic E-state index is 0.182. The summed E-state index contributed by atoms with van der Waals surface area (Å²) in [7, 11) is 0. The average Bonchev–Trinajstić information content (AvgIpc) is 3.16. The van der Waals surface area contributed by atoms with Crippen molar-refractivity contribution in [1.29, 1.82) is 0 Å². The number of rotatable bonds is 6. The topological polar surface area (TPSA) is 29.1 Å². The summed E-state index contributed by atoms with van der Waals surface area (Å²) in [6.07, 6.45) is 2.08. The largest absolute Gasteiger partial charge is 0.355 e. The molecule has 1 N–H and O–H groups in total. The first-order valence-electron chi connectivity index (χ1n) is 7.04. The normalized spacial score (nSPS) is 23.2. The summed E-state index contributed by atoms with van der Waals surface area (Å²) >= 11 is 3.62. The molecule has 2 nitrogen and oxygen atoms in total. The zero-order valence-electron chi connectivity index (χ0n) is 11.6. The monoisotopic (exact) mass is 323 g/mol. The lowest BCUT2D eigenvalue weighted by Gasteiger charge is -2.13. The van der Waals surface area contributed by atoms with Crippen molar-refractivity contribution in [1.82, 2.24) is 5.32 Å². The van der Waals surface area contributed by atoms with Gasteiger partial charge in [-0.05, 0) is 30.2 Å². The molecule has 0 radical (unpaired) electrons. The van der Waals surface area contributed by atoms with Gasteiger partial charge >= 0.3 is 0 Å². The van der Waals surface area contributed by atoms with Crippen LogP contribution >= 0.6 is 15.9 Å². The maximum atomic E-state index is 12.0. The molecule has 0 heterocycles. The van der Waals surface area contributed by atoms with Gasteiger partial charge in [0.2, 0.25) is 5.91 Å². The van der Waals surface area contributed by atoms with E-state index in [0.29, 0.717) is 16.7 Å². The maximum absolute atomic E-state index is 12.0. The maximum Gasteiger partial charge on any atom is 0.223 e. The van der Waals surface area contributed by atoms with Crippen LogP contribution in [-0.4, -0.2) is 17.3 Å². The average molecular weight is 324 g/mol. The Morgan fingerprint density at radius 3 is 2.68 bits per heavy atom. The smallest absolute Gasteiger partial charge is 0.223 e. The second-order valence-electron chi connectivity index (χ2n) is 5.83. The molecule has 19 heavy (non-hydrogen) atoms. The van der Waals surface area contributed by atoms with E-state index in [1.54, 1.807) is 0 Å². The summed E-state index contributed by atoms with van der Waals surface area (Å²) in [5, 5.41) is 3.06. The van der Waals surface area contributed by atoms with Gasteiger partial charge in [-0.2, -0.15) is 0 Å². The first-order valence-corrected chi connectivity index (χ1v) is 7.96. The van der Waals surface area contributed by atoms with E-state index in [-0.39, 0.29) is 11.8 Å². The van der Waals surface area contributed by atoms with E-state index in [1.165, 1.54) is 5.56 Å². The van der Waals surface area contributed by atoms with Gasteiger partial charge < -0.3 is 5.32 Å². The van der Waals surface area contributed by atoms with Crippen LogP contribution in [0.5, 0.6) is 0 Å². The Labute approximate surface area is 124 Å². The van der Waals surface area contributed by atoms with Crippen molar-refractivity contribution in [3.8, 4) is 0 Å². The molecule has 0 spiro atoms. The first kappa shape index (κ1) is 14.6. The highest BCUT2D eigenvalue weighted by molar-refractivity contribution is 9.09. The van der Waals surface area contributed by atoms with Crippen LogP contribution in [0.3, 0.4) is 0 Å². The molecule has 1 aliphatic rings. The minimum absolute atomic E-state index is 0.182. The van der Waals surface area contributed by atoms with E-state index < -0.39 is 0 Å². The van der Waals surface area contributed by atoms with Crippen molar-refractivity contribution in [3.05, 3.63) is 35.9 Å². The Hall–Kier alpha value is -0.830. The predicted molar refractivity (Wildman–Crippen MR) is 82.5 cm³/mol. The van der Waals surface area contributed by atoms with Crippen LogP contribution in [0.4, 0.5) is 0 Å². The van der Waals surface area contributed by atoms with Gasteiger partial charge in [0.25, 0.3) is 0 Å². The molecule has 3 heteroatoms. The number of alkyl halides is 1. The molecule has 0 bridgehead atoms. The molecule has 2 rings (SSSR count). The number of amides is 1. The summed E-state index contributed by atoms with van der Waals surface area (Å²) in [6, 6.07) is 10.3. The standard InChI is InChI=1S/C16H22BrNO/c1-11(2)8-13(17)10-18-16(19)15-9-14(15)12-6-4-3-5-7-12/h3-7,11,13-15H,8-10H2,1-2H3,(H,18,19). The molecule has 3 atom stereocenters. The van der Waals surface area contributed by atoms with Crippen LogP contribution in [0, 0.1) is 11.8 Å². The van der Waals surface area contributed by atoms with E-state index in [2.05, 4.69) is 47.2 Å². The third-order valence-corrected chi connectivity index (χ3v) is 4.28. The van der Waals surface area contributed by atoms with Crippen LogP contribution in [-0.2, 0) is 4.79 Å². The highest BCUT2D eigenvalue weighted by Crippen LogP contribution is 2.47. The summed E-state index contributed by atoms with van der Waals surface area (Å²) in [5.74, 6) is 1.47. The van der Waals surface area contributed by atoms with Gasteiger partial charge in [-0.3, -0.25) is 4.79 Å². The third-order valence-electron chi connectivity index (χ3n) is 3.58. The van der Waals surface area contributed by atoms with E-state index in [4.69, 9.17) is 0 Å². The van der Waals surface area contributed by atoms with Crippen LogP contribution in [0.15, 0.2) is 30.3 Å². The Morgan fingerprint density at radius 2 is 2.05 bits per heavy atom. The highest BCUT2D eigenvalue weighted by Gasteiger charge is 2.43. The van der Waals surface area contributed by atoms with E-state index in [0.717, 1.165) is 19.4 Å². The van der Waals surface area contributed by atoms with Crippen molar-refractivity contribution < 1.29 is 4.79 Å². The van der Waals surface area contributed by atoms with Gasteiger partial charge in [-0.1, -0.05) is 60.1 Å². The fraction of sp³-hybridized carbons (Fsp3) is 0.562. The quantitative estimate of drug-likeness (QED) is 0.794. The lowest BCUT2D eigenvalue weighted by molar-refractivity contribution is -0.122. The van der Waals surface area contributed by atoms with Gasteiger partial charge in [0.05, 0.1) is 0 Å². The molecule has 0 aromatic heterocycles. The molecule has 1 saturated carbocycles. The second-order valence-corrected chi connectivity index (χ2v) is 7.13. The number of benzene rings is 1. The molecule has 0 saturated heterocycles. The summed E-state index contributed by atoms with van der Waals surface area (Å²) in [5.41, 5.74) is 1.29. The molecule has 1 amide bonds. The molecule has 1 aliphatic carbocycles. The molecule has 0 aliphatic heterocycles. The van der Waals surface area contributed by atoms with Gasteiger partial charge in [-0.25, -0.2) is 0 Å². The minimum Gasteiger partial charge on any atom is -0.355 e. The third kappa shape index (κ3) is 4.34. The van der Waals surface area contributed by atoms with Gasteiger partial charge in [0, 0.05) is 17.3 Å². The first-order chi connectivity index (χ1) is 9.08. The fourth-order valence-electron chi connectivity index (χ4n) is 2.49. The molecule has 104 valence electrons. The highest BCUT2D eigenvalue weighted by atomic mass is 79.9. The molecule has 1 aromatic rings. The summed E-state index contributed by atoms with van der Waals surface area (Å²) in [4.78, 5) is 12.4. The molecule has 1 aromatic carbocycles. The number of carbonyl (C=O) groups is 1. The van der Waals surface area contributed by atoms with Gasteiger partial charge in [0.1, 0.15) is 0 Å². The fourth-order valence-corrected chi connectivity index (χ4v) is 3.40. The zero-order chi connectivity index (χ0) is 13.8. The van der Waals surface area contributed by atoms with E-state index in [9.17, 15) is 4.79 Å². The predicted octanol–water partition coefficient (Wildman–Crippen LogP) is 3.72. The SMILES string of the molecule is CC(C)CC(Br)CNC(=O)C1CC1c1ccccc1. The second kappa shape index (κ2) is 6.56. The van der Waals surface area contributed by atoms with Gasteiger partial charge in [0.15, 0.2) is 0 Å². The van der Waals surface area contributed by atoms with Crippen molar-refractivity contribution in [2.45, 2.75) is 37.4 Å². The van der Waals surface area contributed by atoms with E-state index in [1.807, 2.05) is 18.2 Å². The van der Waals surface area contributed by atoms with Crippen molar-refractivity contribution in [2.75, 3.05) is 6.54 Å².